The first kappa shape index (κ1) is 25.6. The number of piperidine rings is 1. The maximum absolute atomic E-state index is 15.4. The number of anilines is 1. The van der Waals surface area contributed by atoms with Crippen LogP contribution in [0.2, 0.25) is 0 Å². The number of rotatable bonds is 6. The molecule has 12 heteroatoms. The second-order valence-corrected chi connectivity index (χ2v) is 12.2. The van der Waals surface area contributed by atoms with Gasteiger partial charge in [0.05, 0.1) is 50.5 Å². The van der Waals surface area contributed by atoms with Crippen LogP contribution in [0, 0.1) is 29.5 Å². The summed E-state index contributed by atoms with van der Waals surface area (Å²) in [5.74, 6) is 0.892. The van der Waals surface area contributed by atoms with Crippen LogP contribution in [0.15, 0.2) is 42.4 Å². The Morgan fingerprint density at radius 3 is 2.94 bits per heavy atom. The molecule has 7 rings (SSSR count). The van der Waals surface area contributed by atoms with Crippen molar-refractivity contribution < 1.29 is 39.0 Å². The van der Waals surface area contributed by atoms with Gasteiger partial charge in [-0.25, -0.2) is 17.6 Å². The molecule has 0 radical (unpaired) electrons. The lowest BCUT2D eigenvalue weighted by Crippen LogP contribution is -2.44. The van der Waals surface area contributed by atoms with Crippen molar-refractivity contribution in [1.82, 2.24) is 19.9 Å². The fraction of sp³-hybridized carbons (Fsp3) is 0.400. The number of halogens is 4. The number of ether oxygens (including phenoxy) is 2. The lowest BCUT2D eigenvalue weighted by atomic mass is 9.78. The number of terminal acetylenes is 1. The highest BCUT2D eigenvalue weighted by atomic mass is 19.1. The molecular formula is C35H33F4N5O3. The zero-order chi connectivity index (χ0) is 37.3. The van der Waals surface area contributed by atoms with E-state index < -0.39 is 62.1 Å². The minimum absolute atomic E-state index is 0.0342. The summed E-state index contributed by atoms with van der Waals surface area (Å²) in [5, 5.41) is 11.3. The van der Waals surface area contributed by atoms with Crippen molar-refractivity contribution >= 4 is 27.5 Å². The molecule has 47 heavy (non-hydrogen) atoms. The van der Waals surface area contributed by atoms with Gasteiger partial charge in [0.15, 0.2) is 0 Å². The molecule has 3 fully saturated rings. The molecule has 0 bridgehead atoms. The van der Waals surface area contributed by atoms with E-state index in [2.05, 4.69) is 20.9 Å². The van der Waals surface area contributed by atoms with Crippen molar-refractivity contribution in [1.29, 1.82) is 0 Å². The van der Waals surface area contributed by atoms with Gasteiger partial charge in [-0.2, -0.15) is 9.97 Å². The topological polar surface area (TPSA) is 83.8 Å². The average molecular weight is 653 g/mol. The number of fused-ring (bicyclic) bond motifs is 3. The molecule has 4 heterocycles. The molecule has 1 N–H and O–H groups in total. The van der Waals surface area contributed by atoms with Crippen LogP contribution in [-0.4, -0.2) is 83.6 Å². The smallest absolute Gasteiger partial charge is 0.318 e. The number of nitrogens with zero attached hydrogens (tertiary/aromatic N) is 5. The first-order valence-electron chi connectivity index (χ1n) is 17.5. The standard InChI is InChI=1S/C35H33F4N5O3/c1-4-22-27(38)6-5-19-11-21(45)12-23(28(19)22)30-24(14-37)31-25(15-40-30)33(44-9-10-46-16-26-29(39)32(26)44)42-34(41-31)47-18-35(2)17-43(3)8-7-20(35)13-36/h1,5-6,11-13,15,26,29,32,45H,7-10,14,16-18H2,2-3H3/b20-13+/t26-,29-,32-,35-/m0/s1/i3D3,18D2. The molecule has 4 atom stereocenters. The quantitative estimate of drug-likeness (QED) is 0.204. The molecule has 2 aromatic carbocycles. The predicted molar refractivity (Wildman–Crippen MR) is 170 cm³/mol. The zero-order valence-corrected chi connectivity index (χ0v) is 25.2. The second kappa shape index (κ2) is 12.0. The van der Waals surface area contributed by atoms with E-state index in [-0.39, 0.29) is 94.9 Å². The lowest BCUT2D eigenvalue weighted by Gasteiger charge is -2.40. The monoisotopic (exact) mass is 652 g/mol. The molecule has 1 saturated carbocycles. The van der Waals surface area contributed by atoms with Crippen LogP contribution < -0.4 is 9.64 Å². The van der Waals surface area contributed by atoms with Crippen molar-refractivity contribution in [2.24, 2.45) is 11.3 Å². The maximum atomic E-state index is 15.4. The molecule has 4 aromatic rings. The van der Waals surface area contributed by atoms with Crippen molar-refractivity contribution in [3.8, 4) is 35.4 Å². The number of phenolic OH excluding ortho intramolecular Hbond substituents is 1. The van der Waals surface area contributed by atoms with Gasteiger partial charge in [0.25, 0.3) is 0 Å². The Kier molecular flexibility index (Phi) is 6.51. The van der Waals surface area contributed by atoms with Crippen molar-refractivity contribution in [3.05, 3.63) is 59.3 Å². The van der Waals surface area contributed by atoms with E-state index in [9.17, 15) is 13.9 Å². The fourth-order valence-corrected chi connectivity index (χ4v) is 6.69. The predicted octanol–water partition coefficient (Wildman–Crippen LogP) is 5.89. The van der Waals surface area contributed by atoms with Gasteiger partial charge < -0.3 is 24.4 Å². The number of hydrogen-bond acceptors (Lipinski definition) is 8. The van der Waals surface area contributed by atoms with E-state index in [1.54, 1.807) is 4.90 Å². The van der Waals surface area contributed by atoms with Crippen LogP contribution in [0.5, 0.6) is 11.8 Å². The number of phenols is 1. The number of hydrogen-bond donors (Lipinski definition) is 1. The van der Waals surface area contributed by atoms with E-state index in [4.69, 9.17) is 22.8 Å². The van der Waals surface area contributed by atoms with Crippen molar-refractivity contribution in [2.45, 2.75) is 32.2 Å². The molecule has 2 aromatic heterocycles. The fourth-order valence-electron chi connectivity index (χ4n) is 6.69. The van der Waals surface area contributed by atoms with Crippen LogP contribution in [0.4, 0.5) is 23.4 Å². The summed E-state index contributed by atoms with van der Waals surface area (Å²) in [6.07, 6.45) is 5.85. The van der Waals surface area contributed by atoms with E-state index >= 15 is 8.78 Å². The number of pyridine rings is 1. The van der Waals surface area contributed by atoms with Gasteiger partial charge in [0.2, 0.25) is 0 Å². The van der Waals surface area contributed by atoms with Crippen LogP contribution in [0.1, 0.15) is 31.3 Å². The minimum atomic E-state index is -2.85. The third-order valence-electron chi connectivity index (χ3n) is 9.20. The summed E-state index contributed by atoms with van der Waals surface area (Å²) in [5.41, 5.74) is -2.33. The molecule has 0 unspecified atom stereocenters. The summed E-state index contributed by atoms with van der Waals surface area (Å²) in [6, 6.07) is 3.86. The zero-order valence-electron chi connectivity index (χ0n) is 30.2. The first-order chi connectivity index (χ1) is 24.6. The summed E-state index contributed by atoms with van der Waals surface area (Å²) < 4.78 is 113. The van der Waals surface area contributed by atoms with Crippen LogP contribution in [0.25, 0.3) is 32.9 Å². The van der Waals surface area contributed by atoms with E-state index in [1.165, 1.54) is 31.3 Å². The second-order valence-electron chi connectivity index (χ2n) is 12.2. The van der Waals surface area contributed by atoms with Crippen molar-refractivity contribution in [2.75, 3.05) is 51.3 Å². The lowest BCUT2D eigenvalue weighted by molar-refractivity contribution is 0.109. The Bertz CT molecular complexity index is 2170. The molecule has 244 valence electrons. The average Bonchev–Trinajstić information content (AvgIpc) is 3.79. The maximum Gasteiger partial charge on any atom is 0.318 e. The van der Waals surface area contributed by atoms with Crippen LogP contribution in [-0.2, 0) is 11.4 Å². The van der Waals surface area contributed by atoms with Crippen LogP contribution in [0.3, 0.4) is 0 Å². The van der Waals surface area contributed by atoms with E-state index in [0.717, 1.165) is 11.0 Å². The third kappa shape index (κ3) is 5.31. The largest absolute Gasteiger partial charge is 0.508 e. The van der Waals surface area contributed by atoms with Gasteiger partial charge in [-0.15, -0.1) is 6.42 Å². The van der Waals surface area contributed by atoms with Crippen LogP contribution >= 0.6 is 0 Å². The number of aromatic nitrogens is 3. The van der Waals surface area contributed by atoms with Gasteiger partial charge in [-0.3, -0.25) is 4.98 Å². The summed E-state index contributed by atoms with van der Waals surface area (Å²) >= 11 is 0. The van der Waals surface area contributed by atoms with Gasteiger partial charge in [-0.1, -0.05) is 18.9 Å². The highest BCUT2D eigenvalue weighted by Crippen LogP contribution is 2.46. The van der Waals surface area contributed by atoms with E-state index in [0.29, 0.717) is 5.39 Å². The molecule has 0 spiro atoms. The Balaban J connectivity index is 1.44. The Morgan fingerprint density at radius 1 is 1.32 bits per heavy atom. The first-order valence-corrected chi connectivity index (χ1v) is 15.0. The molecule has 0 amide bonds. The van der Waals surface area contributed by atoms with Gasteiger partial charge in [-0.05, 0) is 42.6 Å². The highest BCUT2D eigenvalue weighted by Gasteiger charge is 2.56. The Morgan fingerprint density at radius 2 is 2.17 bits per heavy atom. The molecule has 8 nitrogen and oxygen atoms in total. The molecule has 1 aliphatic carbocycles. The Hall–Kier alpha value is -4.47. The summed E-state index contributed by atoms with van der Waals surface area (Å²) in [6.45, 7) is -5.36. The third-order valence-corrected chi connectivity index (χ3v) is 9.20. The normalized spacial score (nSPS) is 27.7. The Labute approximate surface area is 276 Å². The summed E-state index contributed by atoms with van der Waals surface area (Å²) in [7, 11) is 0. The number of likely N-dealkylation sites (tertiary alicyclic amines) is 1. The number of aromatic hydroxyl groups is 1. The molecule has 2 aliphatic heterocycles. The number of alkyl halides is 2. The van der Waals surface area contributed by atoms with Gasteiger partial charge in [0, 0.05) is 57.8 Å². The number of benzene rings is 2. The van der Waals surface area contributed by atoms with Crippen molar-refractivity contribution in [3.63, 3.8) is 0 Å². The molecular weight excluding hydrogens is 614 g/mol. The SMILES string of the molecule is [2H]C([2H])([2H])N1CC/C(=C\F)[C@](C)(C([2H])([2H])Oc2nc(N3CCOC[C@H]4[C@H](F)[C@H]43)c3cnc(-c4cc(O)cc5ccc(F)c(C#C)c45)c(CF)c3n2)C1. The molecule has 2 saturated heterocycles. The van der Waals surface area contributed by atoms with Gasteiger partial charge in [0.1, 0.15) is 36.8 Å². The minimum Gasteiger partial charge on any atom is -0.508 e. The van der Waals surface area contributed by atoms with E-state index in [1.807, 2.05) is 0 Å². The van der Waals surface area contributed by atoms with Gasteiger partial charge >= 0.3 is 6.01 Å². The molecule has 3 aliphatic rings. The highest BCUT2D eigenvalue weighted by molar-refractivity contribution is 6.04. The summed E-state index contributed by atoms with van der Waals surface area (Å²) in [4.78, 5) is 16.1.